The number of rotatable bonds is 3. The average molecular weight is 197 g/mol. The molecule has 0 aromatic carbocycles. The third kappa shape index (κ3) is 2.16. The third-order valence-corrected chi connectivity index (χ3v) is 5.92. The SMILES string of the molecule is [O][SiH2]C(C1CCCC1)C1CCCC1. The van der Waals surface area contributed by atoms with Crippen molar-refractivity contribution >= 4 is 9.76 Å². The van der Waals surface area contributed by atoms with E-state index in [1.54, 1.807) is 0 Å². The van der Waals surface area contributed by atoms with Gasteiger partial charge in [-0.15, -0.1) is 0 Å². The lowest BCUT2D eigenvalue weighted by molar-refractivity contribution is 0.337. The minimum Gasteiger partial charge on any atom is -0.306 e. The first-order valence-corrected chi connectivity index (χ1v) is 7.39. The van der Waals surface area contributed by atoms with E-state index in [2.05, 4.69) is 0 Å². The molecule has 0 aliphatic heterocycles. The van der Waals surface area contributed by atoms with Crippen molar-refractivity contribution in [3.8, 4) is 0 Å². The number of hydrogen-bond donors (Lipinski definition) is 0. The molecule has 0 bridgehead atoms. The summed E-state index contributed by atoms with van der Waals surface area (Å²) in [6.45, 7) is 0. The van der Waals surface area contributed by atoms with Gasteiger partial charge in [0.15, 0.2) is 0 Å². The van der Waals surface area contributed by atoms with Crippen LogP contribution in [0.3, 0.4) is 0 Å². The number of hydrogen-bond acceptors (Lipinski definition) is 0. The van der Waals surface area contributed by atoms with Gasteiger partial charge in [-0.2, -0.15) is 0 Å². The molecule has 2 rings (SSSR count). The van der Waals surface area contributed by atoms with E-state index in [0.29, 0.717) is 5.54 Å². The summed E-state index contributed by atoms with van der Waals surface area (Å²) in [4.78, 5) is 11.3. The Morgan fingerprint density at radius 3 is 1.54 bits per heavy atom. The second-order valence-corrected chi connectivity index (χ2v) is 6.20. The minimum absolute atomic E-state index is 0.685. The molecule has 1 nitrogen and oxygen atoms in total. The van der Waals surface area contributed by atoms with Gasteiger partial charge in [-0.1, -0.05) is 51.4 Å². The van der Waals surface area contributed by atoms with Crippen LogP contribution in [0.5, 0.6) is 0 Å². The Labute approximate surface area is 83.9 Å². The predicted octanol–water partition coefficient (Wildman–Crippen LogP) is 2.67. The van der Waals surface area contributed by atoms with Gasteiger partial charge < -0.3 is 4.80 Å². The highest BCUT2D eigenvalue weighted by Gasteiger charge is 2.33. The molecule has 2 aliphatic rings. The summed E-state index contributed by atoms with van der Waals surface area (Å²) in [6, 6.07) is 0. The normalized spacial score (nSPS) is 27.2. The summed E-state index contributed by atoms with van der Waals surface area (Å²) in [5, 5.41) is 0. The Hall–Kier alpha value is 0.177. The fourth-order valence-electron chi connectivity index (χ4n) is 3.43. The first kappa shape index (κ1) is 9.72. The summed E-state index contributed by atoms with van der Waals surface area (Å²) < 4.78 is 0. The maximum Gasteiger partial charge on any atom is 0.210 e. The van der Waals surface area contributed by atoms with Crippen molar-refractivity contribution in [2.45, 2.75) is 56.9 Å². The molecule has 75 valence electrons. The molecule has 0 saturated heterocycles. The standard InChI is InChI=1S/C11H21OSi/c12-13-11(9-5-1-2-6-9)10-7-3-4-8-10/h9-11H,1-8,13H2. The molecule has 0 amide bonds. The molecule has 0 N–H and O–H groups in total. The first-order valence-electron chi connectivity index (χ1n) is 6.00. The van der Waals surface area contributed by atoms with Crippen LogP contribution in [0.4, 0.5) is 0 Å². The summed E-state index contributed by atoms with van der Waals surface area (Å²) in [7, 11) is -0.981. The Morgan fingerprint density at radius 2 is 1.23 bits per heavy atom. The van der Waals surface area contributed by atoms with Crippen LogP contribution in [-0.4, -0.2) is 9.76 Å². The fourth-order valence-corrected chi connectivity index (χ4v) is 4.92. The zero-order valence-electron chi connectivity index (χ0n) is 8.50. The van der Waals surface area contributed by atoms with Gasteiger partial charge in [0.05, 0.1) is 0 Å². The summed E-state index contributed by atoms with van der Waals surface area (Å²) in [5.41, 5.74) is 0.685. The van der Waals surface area contributed by atoms with Crippen LogP contribution in [0, 0.1) is 11.8 Å². The molecule has 0 aromatic heterocycles. The van der Waals surface area contributed by atoms with Crippen molar-refractivity contribution in [1.29, 1.82) is 0 Å². The molecule has 0 unspecified atom stereocenters. The molecule has 2 heteroatoms. The van der Waals surface area contributed by atoms with Gasteiger partial charge in [-0.05, 0) is 17.4 Å². The Kier molecular flexibility index (Phi) is 3.44. The van der Waals surface area contributed by atoms with Crippen LogP contribution >= 0.6 is 0 Å². The largest absolute Gasteiger partial charge is 0.306 e. The smallest absolute Gasteiger partial charge is 0.210 e. The highest BCUT2D eigenvalue weighted by atomic mass is 28.2. The van der Waals surface area contributed by atoms with Crippen LogP contribution in [0.1, 0.15) is 51.4 Å². The van der Waals surface area contributed by atoms with E-state index in [0.717, 1.165) is 11.8 Å². The lowest BCUT2D eigenvalue weighted by Gasteiger charge is -2.25. The zero-order chi connectivity index (χ0) is 9.10. The van der Waals surface area contributed by atoms with E-state index in [1.165, 1.54) is 51.4 Å². The van der Waals surface area contributed by atoms with Crippen molar-refractivity contribution in [2.24, 2.45) is 11.8 Å². The van der Waals surface area contributed by atoms with Crippen LogP contribution < -0.4 is 0 Å². The van der Waals surface area contributed by atoms with Gasteiger partial charge in [0.2, 0.25) is 9.76 Å². The van der Waals surface area contributed by atoms with E-state index >= 15 is 0 Å². The summed E-state index contributed by atoms with van der Waals surface area (Å²) >= 11 is 0. The molecular weight excluding hydrogens is 176 g/mol. The van der Waals surface area contributed by atoms with Crippen LogP contribution in [0.25, 0.3) is 0 Å². The predicted molar refractivity (Wildman–Crippen MR) is 56.9 cm³/mol. The minimum atomic E-state index is -0.981. The Balaban J connectivity index is 1.90. The van der Waals surface area contributed by atoms with Crippen LogP contribution in [0.2, 0.25) is 5.54 Å². The average Bonchev–Trinajstić information content (AvgIpc) is 2.76. The van der Waals surface area contributed by atoms with Crippen molar-refractivity contribution < 1.29 is 4.80 Å². The Bertz CT molecular complexity index is 132. The second kappa shape index (κ2) is 4.60. The third-order valence-electron chi connectivity index (χ3n) is 4.20. The van der Waals surface area contributed by atoms with E-state index in [-0.39, 0.29) is 0 Å². The molecule has 1 radical (unpaired) electrons. The van der Waals surface area contributed by atoms with Crippen LogP contribution in [0.15, 0.2) is 0 Å². The molecular formula is C11H21OSi. The van der Waals surface area contributed by atoms with E-state index < -0.39 is 9.76 Å². The molecule has 2 aliphatic carbocycles. The van der Waals surface area contributed by atoms with E-state index in [1.807, 2.05) is 0 Å². The van der Waals surface area contributed by atoms with Gasteiger partial charge in [-0.3, -0.25) is 0 Å². The highest BCUT2D eigenvalue weighted by Crippen LogP contribution is 2.44. The van der Waals surface area contributed by atoms with Crippen LogP contribution in [-0.2, 0) is 4.80 Å². The summed E-state index contributed by atoms with van der Waals surface area (Å²) in [5.74, 6) is 1.74. The molecule has 2 saturated carbocycles. The van der Waals surface area contributed by atoms with Gasteiger partial charge in [-0.25, -0.2) is 0 Å². The fraction of sp³-hybridized carbons (Fsp3) is 1.00. The van der Waals surface area contributed by atoms with Gasteiger partial charge in [0, 0.05) is 0 Å². The zero-order valence-corrected chi connectivity index (χ0v) is 9.92. The molecule has 13 heavy (non-hydrogen) atoms. The maximum absolute atomic E-state index is 11.3. The van der Waals surface area contributed by atoms with Crippen molar-refractivity contribution in [3.63, 3.8) is 0 Å². The Morgan fingerprint density at radius 1 is 0.846 bits per heavy atom. The van der Waals surface area contributed by atoms with Gasteiger partial charge in [0.25, 0.3) is 0 Å². The van der Waals surface area contributed by atoms with E-state index in [4.69, 9.17) is 0 Å². The topological polar surface area (TPSA) is 19.9 Å². The van der Waals surface area contributed by atoms with Crippen molar-refractivity contribution in [3.05, 3.63) is 0 Å². The lowest BCUT2D eigenvalue weighted by atomic mass is 9.91. The molecule has 0 spiro atoms. The summed E-state index contributed by atoms with van der Waals surface area (Å²) in [6.07, 6.45) is 11.2. The maximum atomic E-state index is 11.3. The highest BCUT2D eigenvalue weighted by molar-refractivity contribution is 6.27. The lowest BCUT2D eigenvalue weighted by Crippen LogP contribution is -2.19. The molecule has 0 atom stereocenters. The molecule has 0 heterocycles. The van der Waals surface area contributed by atoms with Gasteiger partial charge >= 0.3 is 0 Å². The first-order chi connectivity index (χ1) is 6.42. The molecule has 0 aromatic rings. The van der Waals surface area contributed by atoms with Crippen molar-refractivity contribution in [1.82, 2.24) is 0 Å². The van der Waals surface area contributed by atoms with Crippen molar-refractivity contribution in [2.75, 3.05) is 0 Å². The van der Waals surface area contributed by atoms with E-state index in [9.17, 15) is 4.80 Å². The quantitative estimate of drug-likeness (QED) is 0.620. The van der Waals surface area contributed by atoms with Gasteiger partial charge in [0.1, 0.15) is 0 Å². The monoisotopic (exact) mass is 197 g/mol. The molecule has 2 fully saturated rings. The second-order valence-electron chi connectivity index (χ2n) is 4.92.